The van der Waals surface area contributed by atoms with Gasteiger partial charge in [0, 0.05) is 35.0 Å². The van der Waals surface area contributed by atoms with E-state index < -0.39 is 0 Å². The van der Waals surface area contributed by atoms with E-state index in [0.717, 1.165) is 11.4 Å². The fourth-order valence-electron chi connectivity index (χ4n) is 1.73. The molecule has 2 aromatic carbocycles. The van der Waals surface area contributed by atoms with E-state index in [1.165, 1.54) is 0 Å². The number of carbonyl (C=O) groups is 1. The lowest BCUT2D eigenvalue weighted by atomic mass is 10.2. The molecule has 0 saturated carbocycles. The van der Waals surface area contributed by atoms with Gasteiger partial charge in [-0.25, -0.2) is 0 Å². The number of hydrogen-bond acceptors (Lipinski definition) is 2. The zero-order valence-electron chi connectivity index (χ0n) is 11.2. The molecule has 0 radical (unpaired) electrons. The highest BCUT2D eigenvalue weighted by Crippen LogP contribution is 2.23. The minimum absolute atomic E-state index is 0.176. The summed E-state index contributed by atoms with van der Waals surface area (Å²) in [5.74, 6) is -0.176. The summed E-state index contributed by atoms with van der Waals surface area (Å²) in [5, 5.41) is 3.46. The van der Waals surface area contributed by atoms with Crippen molar-refractivity contribution in [1.29, 1.82) is 0 Å². The second-order valence-electron chi connectivity index (χ2n) is 4.52. The Morgan fingerprint density at radius 2 is 1.95 bits per heavy atom. The maximum atomic E-state index is 12.2. The minimum Gasteiger partial charge on any atom is -0.378 e. The highest BCUT2D eigenvalue weighted by molar-refractivity contribution is 9.10. The first-order valence-corrected chi connectivity index (χ1v) is 7.18. The van der Waals surface area contributed by atoms with Crippen LogP contribution in [0.1, 0.15) is 10.4 Å². The Morgan fingerprint density at radius 1 is 1.20 bits per heavy atom. The summed E-state index contributed by atoms with van der Waals surface area (Å²) in [4.78, 5) is 14.2. The third-order valence-corrected chi connectivity index (χ3v) is 3.69. The van der Waals surface area contributed by atoms with Crippen LogP contribution < -0.4 is 10.2 Å². The number of anilines is 2. The summed E-state index contributed by atoms with van der Waals surface area (Å²) in [6.07, 6.45) is 0. The summed E-state index contributed by atoms with van der Waals surface area (Å²) in [6.45, 7) is 0. The van der Waals surface area contributed by atoms with Gasteiger partial charge in [-0.1, -0.05) is 17.7 Å². The molecule has 0 aliphatic carbocycles. The monoisotopic (exact) mass is 352 g/mol. The molecular formula is C15H14BrClN2O. The van der Waals surface area contributed by atoms with Crippen LogP contribution in [-0.4, -0.2) is 20.0 Å². The number of nitrogens with one attached hydrogen (secondary N) is 1. The second kappa shape index (κ2) is 6.29. The molecular weight excluding hydrogens is 340 g/mol. The highest BCUT2D eigenvalue weighted by Gasteiger charge is 2.11. The Labute approximate surface area is 131 Å². The van der Waals surface area contributed by atoms with Crippen LogP contribution in [0.2, 0.25) is 5.02 Å². The third-order valence-electron chi connectivity index (χ3n) is 2.80. The Kier molecular flexibility index (Phi) is 4.68. The first-order chi connectivity index (χ1) is 9.47. The molecule has 0 atom stereocenters. The molecule has 0 fully saturated rings. The number of benzene rings is 2. The molecule has 1 amide bonds. The van der Waals surface area contributed by atoms with Gasteiger partial charge in [-0.05, 0) is 52.3 Å². The molecule has 2 rings (SSSR count). The number of nitrogens with zero attached hydrogens (tertiary/aromatic N) is 1. The molecule has 0 spiro atoms. The predicted octanol–water partition coefficient (Wildman–Crippen LogP) is 4.42. The van der Waals surface area contributed by atoms with Crippen molar-refractivity contribution in [3.05, 3.63) is 57.5 Å². The SMILES string of the molecule is CN(C)c1cccc(NC(=O)c2ccc(Cl)cc2Br)c1. The van der Waals surface area contributed by atoms with Crippen LogP contribution in [0.3, 0.4) is 0 Å². The fraction of sp³-hybridized carbons (Fsp3) is 0.133. The Hall–Kier alpha value is -1.52. The van der Waals surface area contributed by atoms with E-state index in [9.17, 15) is 4.79 Å². The van der Waals surface area contributed by atoms with E-state index in [1.807, 2.05) is 43.3 Å². The van der Waals surface area contributed by atoms with Crippen molar-refractivity contribution in [3.8, 4) is 0 Å². The zero-order valence-corrected chi connectivity index (χ0v) is 13.5. The van der Waals surface area contributed by atoms with Crippen LogP contribution in [0.15, 0.2) is 46.9 Å². The van der Waals surface area contributed by atoms with Crippen molar-refractivity contribution in [2.45, 2.75) is 0 Å². The van der Waals surface area contributed by atoms with Gasteiger partial charge in [0.05, 0.1) is 5.56 Å². The maximum Gasteiger partial charge on any atom is 0.256 e. The molecule has 0 aliphatic heterocycles. The van der Waals surface area contributed by atoms with Crippen LogP contribution >= 0.6 is 27.5 Å². The lowest BCUT2D eigenvalue weighted by Crippen LogP contribution is -2.14. The van der Waals surface area contributed by atoms with Crippen molar-refractivity contribution in [1.82, 2.24) is 0 Å². The van der Waals surface area contributed by atoms with Gasteiger partial charge in [0.2, 0.25) is 0 Å². The molecule has 0 aliphatic rings. The van der Waals surface area contributed by atoms with Crippen molar-refractivity contribution < 1.29 is 4.79 Å². The number of halogens is 2. The Morgan fingerprint density at radius 3 is 2.60 bits per heavy atom. The zero-order chi connectivity index (χ0) is 14.7. The predicted molar refractivity (Wildman–Crippen MR) is 87.9 cm³/mol. The molecule has 0 unspecified atom stereocenters. The van der Waals surface area contributed by atoms with Gasteiger partial charge in [0.1, 0.15) is 0 Å². The van der Waals surface area contributed by atoms with Crippen molar-refractivity contribution in [2.75, 3.05) is 24.3 Å². The number of hydrogen-bond donors (Lipinski definition) is 1. The van der Waals surface area contributed by atoms with Gasteiger partial charge >= 0.3 is 0 Å². The first-order valence-electron chi connectivity index (χ1n) is 6.01. The molecule has 0 heterocycles. The van der Waals surface area contributed by atoms with Crippen molar-refractivity contribution >= 4 is 44.8 Å². The molecule has 0 bridgehead atoms. The molecule has 1 N–H and O–H groups in total. The number of amides is 1. The van der Waals surface area contributed by atoms with E-state index in [0.29, 0.717) is 15.1 Å². The third kappa shape index (κ3) is 3.52. The fourth-order valence-corrected chi connectivity index (χ4v) is 2.60. The molecule has 5 heteroatoms. The minimum atomic E-state index is -0.176. The number of carbonyl (C=O) groups excluding carboxylic acids is 1. The van der Waals surface area contributed by atoms with Gasteiger partial charge in [-0.15, -0.1) is 0 Å². The van der Waals surface area contributed by atoms with Crippen LogP contribution in [-0.2, 0) is 0 Å². The quantitative estimate of drug-likeness (QED) is 0.886. The summed E-state index contributed by atoms with van der Waals surface area (Å²) in [7, 11) is 3.91. The second-order valence-corrected chi connectivity index (χ2v) is 5.81. The van der Waals surface area contributed by atoms with Gasteiger partial charge in [-0.3, -0.25) is 4.79 Å². The van der Waals surface area contributed by atoms with Crippen LogP contribution in [0.5, 0.6) is 0 Å². The molecule has 0 saturated heterocycles. The largest absolute Gasteiger partial charge is 0.378 e. The molecule has 0 aromatic heterocycles. The van der Waals surface area contributed by atoms with Crippen molar-refractivity contribution in [3.63, 3.8) is 0 Å². The summed E-state index contributed by atoms with van der Waals surface area (Å²) >= 11 is 9.22. The average molecular weight is 354 g/mol. The Balaban J connectivity index is 2.21. The van der Waals surface area contributed by atoms with Gasteiger partial charge < -0.3 is 10.2 Å². The molecule has 3 nitrogen and oxygen atoms in total. The maximum absolute atomic E-state index is 12.2. The number of rotatable bonds is 3. The summed E-state index contributed by atoms with van der Waals surface area (Å²) < 4.78 is 0.672. The van der Waals surface area contributed by atoms with Gasteiger partial charge in [0.15, 0.2) is 0 Å². The van der Waals surface area contributed by atoms with Crippen LogP contribution in [0.25, 0.3) is 0 Å². The standard InChI is InChI=1S/C15H14BrClN2O/c1-19(2)12-5-3-4-11(9-12)18-15(20)13-7-6-10(17)8-14(13)16/h3-9H,1-2H3,(H,18,20). The van der Waals surface area contributed by atoms with E-state index in [4.69, 9.17) is 11.6 Å². The van der Waals surface area contributed by atoms with E-state index in [1.54, 1.807) is 18.2 Å². The average Bonchev–Trinajstić information content (AvgIpc) is 2.38. The topological polar surface area (TPSA) is 32.3 Å². The van der Waals surface area contributed by atoms with Crippen LogP contribution in [0.4, 0.5) is 11.4 Å². The van der Waals surface area contributed by atoms with Crippen LogP contribution in [0, 0.1) is 0 Å². The summed E-state index contributed by atoms with van der Waals surface area (Å²) in [6, 6.07) is 12.7. The molecule has 2 aromatic rings. The highest BCUT2D eigenvalue weighted by atomic mass is 79.9. The van der Waals surface area contributed by atoms with Gasteiger partial charge in [-0.2, -0.15) is 0 Å². The van der Waals surface area contributed by atoms with E-state index >= 15 is 0 Å². The smallest absolute Gasteiger partial charge is 0.256 e. The lowest BCUT2D eigenvalue weighted by molar-refractivity contribution is 0.102. The normalized spacial score (nSPS) is 10.2. The Bertz CT molecular complexity index is 644. The van der Waals surface area contributed by atoms with E-state index in [-0.39, 0.29) is 5.91 Å². The molecule has 20 heavy (non-hydrogen) atoms. The van der Waals surface area contributed by atoms with E-state index in [2.05, 4.69) is 21.2 Å². The summed E-state index contributed by atoms with van der Waals surface area (Å²) in [5.41, 5.74) is 2.32. The molecule has 104 valence electrons. The van der Waals surface area contributed by atoms with Crippen molar-refractivity contribution in [2.24, 2.45) is 0 Å². The first kappa shape index (κ1) is 14.9. The lowest BCUT2D eigenvalue weighted by Gasteiger charge is -2.14. The van der Waals surface area contributed by atoms with Gasteiger partial charge in [0.25, 0.3) is 5.91 Å².